The number of nitrogens with one attached hydrogen (secondary N) is 1. The van der Waals surface area contributed by atoms with Crippen LogP contribution in [0.1, 0.15) is 80.5 Å². The molecule has 0 aromatic heterocycles. The third-order valence-corrected chi connectivity index (χ3v) is 13.7. The molecule has 59 heavy (non-hydrogen) atoms. The Kier molecular flexibility index (Phi) is 10.7. The van der Waals surface area contributed by atoms with Gasteiger partial charge in [0.25, 0.3) is 0 Å². The van der Waals surface area contributed by atoms with Gasteiger partial charge >= 0.3 is 0 Å². The summed E-state index contributed by atoms with van der Waals surface area (Å²) in [6, 6.07) is 51.1. The number of hydrogen-bond acceptors (Lipinski definition) is 1. The third kappa shape index (κ3) is 7.49. The topological polar surface area (TPSA) is 12.0 Å². The first kappa shape index (κ1) is 38.6. The molecular weight excluding hydrogens is 711 g/mol. The van der Waals surface area contributed by atoms with Gasteiger partial charge in [0.1, 0.15) is 0 Å². The lowest BCUT2D eigenvalue weighted by Crippen LogP contribution is -2.25. The number of anilines is 1. The molecule has 3 unspecified atom stereocenters. The van der Waals surface area contributed by atoms with Gasteiger partial charge in [-0.1, -0.05) is 191 Å². The van der Waals surface area contributed by atoms with E-state index in [1.807, 2.05) is 7.05 Å². The molecule has 0 saturated heterocycles. The molecule has 0 radical (unpaired) electrons. The lowest BCUT2D eigenvalue weighted by Gasteiger charge is -2.31. The summed E-state index contributed by atoms with van der Waals surface area (Å²) in [5, 5.41) is 3.29. The summed E-state index contributed by atoms with van der Waals surface area (Å²) in [7, 11) is 2.00. The first-order valence-corrected chi connectivity index (χ1v) is 21.8. The van der Waals surface area contributed by atoms with Crippen molar-refractivity contribution in [3.8, 4) is 44.5 Å². The number of hydrogen-bond donors (Lipinski definition) is 1. The Hall–Kier alpha value is -5.92. The number of allylic oxidation sites excluding steroid dienone is 8. The van der Waals surface area contributed by atoms with Gasteiger partial charge in [-0.15, -0.1) is 0 Å². The molecule has 1 heteroatoms. The van der Waals surface area contributed by atoms with Gasteiger partial charge in [-0.2, -0.15) is 0 Å². The summed E-state index contributed by atoms with van der Waals surface area (Å²) < 4.78 is 0. The molecule has 0 amide bonds. The van der Waals surface area contributed by atoms with Crippen molar-refractivity contribution in [3.05, 3.63) is 209 Å². The van der Waals surface area contributed by atoms with Crippen molar-refractivity contribution in [3.63, 3.8) is 0 Å². The second-order valence-corrected chi connectivity index (χ2v) is 17.7. The minimum atomic E-state index is 0.162. The largest absolute Gasteiger partial charge is 0.388 e. The maximum absolute atomic E-state index is 3.29. The van der Waals surface area contributed by atoms with E-state index in [-0.39, 0.29) is 5.41 Å². The van der Waals surface area contributed by atoms with Crippen LogP contribution in [0.5, 0.6) is 0 Å². The molecule has 10 rings (SSSR count). The third-order valence-electron chi connectivity index (χ3n) is 13.7. The van der Waals surface area contributed by atoms with Gasteiger partial charge in [-0.3, -0.25) is 0 Å². The molecule has 1 fully saturated rings. The summed E-state index contributed by atoms with van der Waals surface area (Å²) in [6.07, 6.45) is 19.4. The Morgan fingerprint density at radius 3 is 1.86 bits per heavy atom. The lowest BCUT2D eigenvalue weighted by atomic mass is 9.72. The molecule has 6 aromatic carbocycles. The molecule has 0 bridgehead atoms. The van der Waals surface area contributed by atoms with Crippen molar-refractivity contribution in [1.29, 1.82) is 0 Å². The molecule has 1 N–H and O–H groups in total. The molecule has 294 valence electrons. The van der Waals surface area contributed by atoms with Gasteiger partial charge in [0, 0.05) is 18.7 Å². The minimum absolute atomic E-state index is 0.162. The zero-order valence-corrected chi connectivity index (χ0v) is 35.4. The molecule has 6 aromatic rings. The van der Waals surface area contributed by atoms with Crippen LogP contribution in [0.4, 0.5) is 5.69 Å². The monoisotopic (exact) mass is 767 g/mol. The number of rotatable bonds is 7. The van der Waals surface area contributed by atoms with Crippen LogP contribution in [0.3, 0.4) is 0 Å². The van der Waals surface area contributed by atoms with Crippen molar-refractivity contribution >= 4 is 5.69 Å². The standard InChI is InChI=1S/C35H30.C23H27N/c1-25-31(28-13-6-3-7-14-28)17-9-18-32(25)34-20-10-19-33(35(34)30-15-8-16-30)29-23-21-27(22-24-29)26-11-4-2-5-12-26;1-15-5-7-16(8-6-15)17-9-11-19-20-12-10-18(24-4)14-22(20)23(2,3)21(19)13-17/h2-7,9-14,17-24,30H,8,15-16H2,1H3;5,7-15,19,21,24H,6H2,1-4H3. The Morgan fingerprint density at radius 2 is 1.20 bits per heavy atom. The van der Waals surface area contributed by atoms with Gasteiger partial charge < -0.3 is 5.32 Å². The molecule has 0 heterocycles. The SMILES string of the molecule is CNc1ccc2c(c1)C(C)(C)C1C=C(C3=CCC(C)C=C3)C=CC21.Cc1c(-c2ccccc2)cccc1-c1cccc(-c2ccc(-c3ccccc3)cc2)c1C1CCC1. The van der Waals surface area contributed by atoms with E-state index in [1.54, 1.807) is 0 Å². The smallest absolute Gasteiger partial charge is 0.0340 e. The van der Waals surface area contributed by atoms with E-state index >= 15 is 0 Å². The number of benzene rings is 6. The van der Waals surface area contributed by atoms with Crippen molar-refractivity contribution < 1.29 is 0 Å². The molecule has 1 saturated carbocycles. The second-order valence-electron chi connectivity index (χ2n) is 17.7. The van der Waals surface area contributed by atoms with E-state index in [2.05, 4.69) is 209 Å². The minimum Gasteiger partial charge on any atom is -0.388 e. The van der Waals surface area contributed by atoms with Crippen LogP contribution in [0.15, 0.2) is 187 Å². The van der Waals surface area contributed by atoms with Crippen LogP contribution >= 0.6 is 0 Å². The van der Waals surface area contributed by atoms with Crippen LogP contribution in [0.2, 0.25) is 0 Å². The summed E-state index contributed by atoms with van der Waals surface area (Å²) in [5.41, 5.74) is 20.6. The quantitative estimate of drug-likeness (QED) is 0.171. The van der Waals surface area contributed by atoms with E-state index in [0.717, 1.165) is 6.42 Å². The highest BCUT2D eigenvalue weighted by atomic mass is 14.8. The fourth-order valence-electron chi connectivity index (χ4n) is 10.0. The van der Waals surface area contributed by atoms with Gasteiger partial charge in [0.2, 0.25) is 0 Å². The van der Waals surface area contributed by atoms with Gasteiger partial charge in [-0.05, 0) is 139 Å². The molecular formula is C58H57N. The average Bonchev–Trinajstić information content (AvgIpc) is 3.49. The predicted octanol–water partition coefficient (Wildman–Crippen LogP) is 15.7. The highest BCUT2D eigenvalue weighted by Crippen LogP contribution is 2.54. The highest BCUT2D eigenvalue weighted by Gasteiger charge is 2.45. The Bertz CT molecular complexity index is 2580. The Morgan fingerprint density at radius 1 is 0.593 bits per heavy atom. The van der Waals surface area contributed by atoms with Crippen molar-refractivity contribution in [2.75, 3.05) is 12.4 Å². The summed E-state index contributed by atoms with van der Waals surface area (Å²) in [6.45, 7) is 9.36. The fourth-order valence-corrected chi connectivity index (χ4v) is 10.0. The maximum Gasteiger partial charge on any atom is 0.0340 e. The van der Waals surface area contributed by atoms with E-state index in [4.69, 9.17) is 0 Å². The predicted molar refractivity (Wildman–Crippen MR) is 253 cm³/mol. The maximum atomic E-state index is 3.29. The second kappa shape index (κ2) is 16.4. The number of fused-ring (bicyclic) bond motifs is 3. The van der Waals surface area contributed by atoms with Crippen LogP contribution in [0.25, 0.3) is 44.5 Å². The van der Waals surface area contributed by atoms with Crippen LogP contribution in [0, 0.1) is 18.8 Å². The zero-order chi connectivity index (χ0) is 40.5. The lowest BCUT2D eigenvalue weighted by molar-refractivity contribution is 0.393. The summed E-state index contributed by atoms with van der Waals surface area (Å²) in [4.78, 5) is 0. The highest BCUT2D eigenvalue weighted by molar-refractivity contribution is 5.85. The molecule has 0 aliphatic heterocycles. The van der Waals surface area contributed by atoms with E-state index in [9.17, 15) is 0 Å². The van der Waals surface area contributed by atoms with Crippen LogP contribution in [-0.4, -0.2) is 7.05 Å². The molecule has 1 nitrogen and oxygen atoms in total. The average molecular weight is 768 g/mol. The molecule has 3 atom stereocenters. The molecule has 4 aliphatic rings. The first-order valence-electron chi connectivity index (χ1n) is 21.8. The van der Waals surface area contributed by atoms with Crippen molar-refractivity contribution in [2.24, 2.45) is 11.8 Å². The Labute approximate surface area is 353 Å². The van der Waals surface area contributed by atoms with Gasteiger partial charge in [0.15, 0.2) is 0 Å². The van der Waals surface area contributed by atoms with Crippen molar-refractivity contribution in [1.82, 2.24) is 0 Å². The van der Waals surface area contributed by atoms with E-state index < -0.39 is 0 Å². The Balaban J connectivity index is 0.000000163. The van der Waals surface area contributed by atoms with E-state index in [1.165, 1.54) is 103 Å². The van der Waals surface area contributed by atoms with Gasteiger partial charge in [-0.25, -0.2) is 0 Å². The van der Waals surface area contributed by atoms with Crippen LogP contribution in [-0.2, 0) is 5.41 Å². The van der Waals surface area contributed by atoms with Gasteiger partial charge in [0.05, 0.1) is 0 Å². The van der Waals surface area contributed by atoms with Crippen LogP contribution < -0.4 is 5.32 Å². The molecule has 0 spiro atoms. The normalized spacial score (nSPS) is 20.0. The fraction of sp³-hybridized carbons (Fsp3) is 0.241. The zero-order valence-electron chi connectivity index (χ0n) is 35.4. The summed E-state index contributed by atoms with van der Waals surface area (Å²) in [5.74, 6) is 2.35. The summed E-state index contributed by atoms with van der Waals surface area (Å²) >= 11 is 0. The van der Waals surface area contributed by atoms with Crippen molar-refractivity contribution in [2.45, 2.75) is 70.6 Å². The first-order chi connectivity index (χ1) is 28.8. The molecule has 4 aliphatic carbocycles. The van der Waals surface area contributed by atoms with E-state index in [0.29, 0.717) is 23.7 Å².